The number of nitrogens with zero attached hydrogens (tertiary/aromatic N) is 2. The highest BCUT2D eigenvalue weighted by molar-refractivity contribution is 6.17. The van der Waals surface area contributed by atoms with Crippen molar-refractivity contribution >= 4 is 17.3 Å². The van der Waals surface area contributed by atoms with Gasteiger partial charge in [-0.15, -0.1) is 11.6 Å². The Labute approximate surface area is 108 Å². The van der Waals surface area contributed by atoms with E-state index >= 15 is 0 Å². The molecule has 0 amide bonds. The lowest BCUT2D eigenvalue weighted by Crippen LogP contribution is -2.33. The maximum Gasteiger partial charge on any atom is 0.101 e. The van der Waals surface area contributed by atoms with Crippen molar-refractivity contribution in [1.82, 2.24) is 0 Å². The highest BCUT2D eigenvalue weighted by Gasteiger charge is 2.18. The Kier molecular flexibility index (Phi) is 3.91. The highest BCUT2D eigenvalue weighted by Crippen LogP contribution is 2.27. The minimum Gasteiger partial charge on any atom is -0.370 e. The monoisotopic (exact) mass is 248 g/mol. The van der Waals surface area contributed by atoms with Gasteiger partial charge in [0.1, 0.15) is 6.07 Å². The van der Waals surface area contributed by atoms with Gasteiger partial charge in [0.25, 0.3) is 0 Å². The van der Waals surface area contributed by atoms with Gasteiger partial charge in [0.15, 0.2) is 0 Å². The van der Waals surface area contributed by atoms with Gasteiger partial charge in [0.2, 0.25) is 0 Å². The molecule has 90 valence electrons. The molecule has 1 aromatic carbocycles. The summed E-state index contributed by atoms with van der Waals surface area (Å²) in [4.78, 5) is 2.32. The minimum absolute atomic E-state index is 0.464. The van der Waals surface area contributed by atoms with Crippen molar-refractivity contribution in [3.8, 4) is 6.07 Å². The van der Waals surface area contributed by atoms with Crippen molar-refractivity contribution in [2.24, 2.45) is 5.92 Å². The zero-order valence-electron chi connectivity index (χ0n) is 10.1. The van der Waals surface area contributed by atoms with Crippen LogP contribution < -0.4 is 4.90 Å². The average Bonchev–Trinajstić information content (AvgIpc) is 2.39. The van der Waals surface area contributed by atoms with Crippen LogP contribution in [0.4, 0.5) is 5.69 Å². The molecule has 0 aromatic heterocycles. The molecule has 0 radical (unpaired) electrons. The molecule has 3 heteroatoms. The van der Waals surface area contributed by atoms with Gasteiger partial charge in [0.05, 0.1) is 11.3 Å². The van der Waals surface area contributed by atoms with Gasteiger partial charge in [0, 0.05) is 19.0 Å². The predicted molar refractivity (Wildman–Crippen MR) is 71.3 cm³/mol. The van der Waals surface area contributed by atoms with Gasteiger partial charge in [-0.1, -0.05) is 13.0 Å². The first-order valence-corrected chi connectivity index (χ1v) is 6.62. The quantitative estimate of drug-likeness (QED) is 0.749. The maximum atomic E-state index is 9.20. The molecule has 17 heavy (non-hydrogen) atoms. The maximum absolute atomic E-state index is 9.20. The molecule has 0 bridgehead atoms. The molecule has 1 aliphatic heterocycles. The van der Waals surface area contributed by atoms with Crippen LogP contribution in [0.2, 0.25) is 0 Å². The third-order valence-corrected chi connectivity index (χ3v) is 3.77. The molecule has 1 aromatic rings. The number of rotatable bonds is 2. The van der Waals surface area contributed by atoms with E-state index in [1.807, 2.05) is 18.2 Å². The van der Waals surface area contributed by atoms with Crippen molar-refractivity contribution in [2.45, 2.75) is 25.6 Å². The summed E-state index contributed by atoms with van der Waals surface area (Å²) >= 11 is 5.79. The van der Waals surface area contributed by atoms with Crippen LogP contribution in [0.3, 0.4) is 0 Å². The second kappa shape index (κ2) is 5.42. The van der Waals surface area contributed by atoms with E-state index in [1.54, 1.807) is 0 Å². The van der Waals surface area contributed by atoms with E-state index in [0.717, 1.165) is 35.8 Å². The molecule has 1 aliphatic rings. The number of hydrogen-bond acceptors (Lipinski definition) is 2. The summed E-state index contributed by atoms with van der Waals surface area (Å²) in [5, 5.41) is 9.20. The van der Waals surface area contributed by atoms with E-state index in [2.05, 4.69) is 17.9 Å². The number of halogens is 1. The Morgan fingerprint density at radius 2 is 2.12 bits per heavy atom. The number of alkyl halides is 1. The minimum atomic E-state index is 0.464. The lowest BCUT2D eigenvalue weighted by Gasteiger charge is -2.32. The second-order valence-corrected chi connectivity index (χ2v) is 5.03. The van der Waals surface area contributed by atoms with E-state index in [0.29, 0.717) is 5.88 Å². The smallest absolute Gasteiger partial charge is 0.101 e. The summed E-state index contributed by atoms with van der Waals surface area (Å²) in [6.45, 7) is 4.39. The third-order valence-electron chi connectivity index (χ3n) is 3.46. The molecule has 1 fully saturated rings. The Morgan fingerprint density at radius 3 is 2.71 bits per heavy atom. The topological polar surface area (TPSA) is 27.0 Å². The summed E-state index contributed by atoms with van der Waals surface area (Å²) in [6.07, 6.45) is 2.42. The predicted octanol–water partition coefficient (Wildman–Crippen LogP) is 3.53. The number of anilines is 1. The van der Waals surface area contributed by atoms with Crippen LogP contribution in [0.25, 0.3) is 0 Å². The molecule has 2 nitrogen and oxygen atoms in total. The lowest BCUT2D eigenvalue weighted by molar-refractivity contribution is 0.438. The van der Waals surface area contributed by atoms with E-state index in [-0.39, 0.29) is 0 Å². The first kappa shape index (κ1) is 12.3. The fraction of sp³-hybridized carbons (Fsp3) is 0.500. The van der Waals surface area contributed by atoms with E-state index in [1.165, 1.54) is 12.8 Å². The largest absolute Gasteiger partial charge is 0.370 e. The Hall–Kier alpha value is -1.20. The van der Waals surface area contributed by atoms with Crippen LogP contribution in [-0.4, -0.2) is 13.1 Å². The molecule has 0 aliphatic carbocycles. The van der Waals surface area contributed by atoms with Gasteiger partial charge in [-0.3, -0.25) is 0 Å². The fourth-order valence-corrected chi connectivity index (χ4v) is 2.45. The molecule has 1 saturated heterocycles. The molecule has 1 heterocycles. The number of piperidine rings is 1. The molecule has 0 N–H and O–H groups in total. The lowest BCUT2D eigenvalue weighted by atomic mass is 9.98. The van der Waals surface area contributed by atoms with E-state index in [4.69, 9.17) is 11.6 Å². The molecule has 0 saturated carbocycles. The van der Waals surface area contributed by atoms with Crippen molar-refractivity contribution in [2.75, 3.05) is 18.0 Å². The summed E-state index contributed by atoms with van der Waals surface area (Å²) in [6, 6.07) is 8.23. The zero-order chi connectivity index (χ0) is 12.3. The fourth-order valence-electron chi connectivity index (χ4n) is 2.28. The van der Waals surface area contributed by atoms with Crippen LogP contribution >= 0.6 is 11.6 Å². The van der Waals surface area contributed by atoms with Crippen LogP contribution in [0.5, 0.6) is 0 Å². The van der Waals surface area contributed by atoms with Crippen LogP contribution in [-0.2, 0) is 5.88 Å². The second-order valence-electron chi connectivity index (χ2n) is 4.77. The molecule has 0 unspecified atom stereocenters. The molecule has 2 rings (SSSR count). The Balaban J connectivity index is 2.23. The Bertz CT molecular complexity index is 428. The van der Waals surface area contributed by atoms with Gasteiger partial charge in [-0.2, -0.15) is 5.26 Å². The average molecular weight is 249 g/mol. The van der Waals surface area contributed by atoms with Crippen molar-refractivity contribution < 1.29 is 0 Å². The van der Waals surface area contributed by atoms with Gasteiger partial charge >= 0.3 is 0 Å². The zero-order valence-corrected chi connectivity index (χ0v) is 10.9. The van der Waals surface area contributed by atoms with Crippen molar-refractivity contribution in [3.63, 3.8) is 0 Å². The summed E-state index contributed by atoms with van der Waals surface area (Å²) < 4.78 is 0. The molecule has 0 spiro atoms. The van der Waals surface area contributed by atoms with Gasteiger partial charge < -0.3 is 4.90 Å². The molecular formula is C14H17ClN2. The molecular weight excluding hydrogens is 232 g/mol. The van der Waals surface area contributed by atoms with Gasteiger partial charge in [-0.05, 0) is 36.5 Å². The third kappa shape index (κ3) is 2.73. The summed E-state index contributed by atoms with van der Waals surface area (Å²) in [5.41, 5.74) is 2.82. The van der Waals surface area contributed by atoms with E-state index in [9.17, 15) is 5.26 Å². The van der Waals surface area contributed by atoms with Crippen molar-refractivity contribution in [3.05, 3.63) is 29.3 Å². The molecule has 0 atom stereocenters. The van der Waals surface area contributed by atoms with Crippen LogP contribution in [0.15, 0.2) is 18.2 Å². The van der Waals surface area contributed by atoms with E-state index < -0.39 is 0 Å². The highest BCUT2D eigenvalue weighted by atomic mass is 35.5. The first-order chi connectivity index (χ1) is 8.24. The first-order valence-electron chi connectivity index (χ1n) is 6.08. The van der Waals surface area contributed by atoms with Gasteiger partial charge in [-0.25, -0.2) is 0 Å². The van der Waals surface area contributed by atoms with Crippen LogP contribution in [0.1, 0.15) is 30.9 Å². The standard InChI is InChI=1S/C14H17ClN2/c1-11-4-6-17(7-5-11)14-3-2-12(9-15)8-13(14)10-16/h2-3,8,11H,4-7,9H2,1H3. The Morgan fingerprint density at radius 1 is 1.41 bits per heavy atom. The van der Waals surface area contributed by atoms with Crippen molar-refractivity contribution in [1.29, 1.82) is 5.26 Å². The number of hydrogen-bond donors (Lipinski definition) is 0. The summed E-state index contributed by atoms with van der Waals surface area (Å²) in [5.74, 6) is 1.27. The SMILES string of the molecule is CC1CCN(c2ccc(CCl)cc2C#N)CC1. The number of nitriles is 1. The summed E-state index contributed by atoms with van der Waals surface area (Å²) in [7, 11) is 0. The normalized spacial score (nSPS) is 16.9. The number of benzene rings is 1. The van der Waals surface area contributed by atoms with Crippen LogP contribution in [0, 0.1) is 17.2 Å².